The lowest BCUT2D eigenvalue weighted by Gasteiger charge is -2.28. The van der Waals surface area contributed by atoms with E-state index in [4.69, 9.17) is 14.2 Å². The Bertz CT molecular complexity index is 1130. The first-order chi connectivity index (χ1) is 14.3. The molecule has 2 atom stereocenters. The molecule has 29 heavy (non-hydrogen) atoms. The Morgan fingerprint density at radius 3 is 2.79 bits per heavy atom. The highest BCUT2D eigenvalue weighted by Crippen LogP contribution is 2.55. The van der Waals surface area contributed by atoms with Gasteiger partial charge >= 0.3 is 0 Å². The molecule has 0 radical (unpaired) electrons. The number of amides is 1. The summed E-state index contributed by atoms with van der Waals surface area (Å²) in [5.74, 6) is 1.75. The van der Waals surface area contributed by atoms with E-state index in [0.29, 0.717) is 30.3 Å². The standard InChI is InChI=1S/C23H18N2O4/c26-22-23(16-6-1-2-7-18(16)25-22)13-28-20-17(23)8-9-19-21(20)27-12-15(29-19)11-14-5-3-4-10-24-14/h1-10,15H,11-13H2,(H,25,26). The van der Waals surface area contributed by atoms with Gasteiger partial charge in [0, 0.05) is 29.6 Å². The second-order valence-corrected chi connectivity index (χ2v) is 7.54. The molecule has 2 unspecified atom stereocenters. The quantitative estimate of drug-likeness (QED) is 0.733. The third-order valence-corrected chi connectivity index (χ3v) is 5.86. The Labute approximate surface area is 167 Å². The Kier molecular flexibility index (Phi) is 3.38. The molecule has 2 aromatic carbocycles. The first-order valence-electron chi connectivity index (χ1n) is 9.66. The molecule has 1 amide bonds. The van der Waals surface area contributed by atoms with Crippen LogP contribution in [0.2, 0.25) is 0 Å². The number of nitrogens with zero attached hydrogens (tertiary/aromatic N) is 1. The number of rotatable bonds is 2. The van der Waals surface area contributed by atoms with Gasteiger partial charge < -0.3 is 19.5 Å². The molecule has 0 aliphatic carbocycles. The number of pyridine rings is 1. The molecular weight excluding hydrogens is 368 g/mol. The van der Waals surface area contributed by atoms with Gasteiger partial charge in [0.05, 0.1) is 0 Å². The number of para-hydroxylation sites is 1. The van der Waals surface area contributed by atoms with Crippen LogP contribution in [0.15, 0.2) is 60.8 Å². The van der Waals surface area contributed by atoms with Gasteiger partial charge in [-0.15, -0.1) is 0 Å². The maximum Gasteiger partial charge on any atom is 0.243 e. The van der Waals surface area contributed by atoms with Crippen LogP contribution >= 0.6 is 0 Å². The van der Waals surface area contributed by atoms with Crippen molar-refractivity contribution in [3.05, 3.63) is 77.6 Å². The SMILES string of the molecule is O=C1Nc2ccccc2C12COc1c2ccc2c1OCC(Cc1ccccn1)O2. The second kappa shape index (κ2) is 5.98. The molecule has 1 spiro atoms. The van der Waals surface area contributed by atoms with Crippen LogP contribution in [0, 0.1) is 0 Å². The van der Waals surface area contributed by atoms with E-state index in [0.717, 1.165) is 22.5 Å². The number of ether oxygens (including phenoxy) is 3. The lowest BCUT2D eigenvalue weighted by atomic mass is 9.77. The average molecular weight is 386 g/mol. The fourth-order valence-electron chi connectivity index (χ4n) is 4.48. The lowest BCUT2D eigenvalue weighted by molar-refractivity contribution is -0.119. The monoisotopic (exact) mass is 386 g/mol. The van der Waals surface area contributed by atoms with Crippen LogP contribution in [0.4, 0.5) is 5.69 Å². The van der Waals surface area contributed by atoms with Crippen molar-refractivity contribution in [2.45, 2.75) is 17.9 Å². The summed E-state index contributed by atoms with van der Waals surface area (Å²) < 4.78 is 18.3. The fraction of sp³-hybridized carbons (Fsp3) is 0.217. The molecule has 4 heterocycles. The summed E-state index contributed by atoms with van der Waals surface area (Å²) in [6.07, 6.45) is 2.32. The summed E-state index contributed by atoms with van der Waals surface area (Å²) in [5, 5.41) is 2.99. The zero-order valence-electron chi connectivity index (χ0n) is 15.6. The molecule has 3 aromatic rings. The normalized spacial score (nSPS) is 23.3. The van der Waals surface area contributed by atoms with Crippen LogP contribution in [0.5, 0.6) is 17.2 Å². The number of hydrogen-bond acceptors (Lipinski definition) is 5. The van der Waals surface area contributed by atoms with Crippen LogP contribution in [0.25, 0.3) is 0 Å². The first-order valence-corrected chi connectivity index (χ1v) is 9.66. The molecule has 3 aliphatic rings. The van der Waals surface area contributed by atoms with Crippen molar-refractivity contribution in [2.75, 3.05) is 18.5 Å². The van der Waals surface area contributed by atoms with E-state index >= 15 is 0 Å². The zero-order valence-corrected chi connectivity index (χ0v) is 15.6. The number of benzene rings is 2. The van der Waals surface area contributed by atoms with E-state index in [2.05, 4.69) is 10.3 Å². The highest BCUT2D eigenvalue weighted by atomic mass is 16.6. The molecule has 6 nitrogen and oxygen atoms in total. The maximum atomic E-state index is 13.0. The van der Waals surface area contributed by atoms with E-state index in [1.54, 1.807) is 6.20 Å². The molecule has 6 heteroatoms. The summed E-state index contributed by atoms with van der Waals surface area (Å²) in [4.78, 5) is 17.3. The van der Waals surface area contributed by atoms with Crippen LogP contribution in [0.1, 0.15) is 16.8 Å². The van der Waals surface area contributed by atoms with Gasteiger partial charge in [-0.1, -0.05) is 24.3 Å². The second-order valence-electron chi connectivity index (χ2n) is 7.54. The highest BCUT2D eigenvalue weighted by molar-refractivity contribution is 6.10. The minimum atomic E-state index is -0.838. The number of fused-ring (bicyclic) bond motifs is 6. The van der Waals surface area contributed by atoms with Gasteiger partial charge in [-0.3, -0.25) is 9.78 Å². The van der Waals surface area contributed by atoms with Crippen LogP contribution in [0.3, 0.4) is 0 Å². The van der Waals surface area contributed by atoms with Crippen molar-refractivity contribution in [1.29, 1.82) is 0 Å². The average Bonchev–Trinajstić information content (AvgIpc) is 3.28. The van der Waals surface area contributed by atoms with Crippen LogP contribution in [-0.2, 0) is 16.6 Å². The van der Waals surface area contributed by atoms with Gasteiger partial charge in [-0.05, 0) is 35.9 Å². The van der Waals surface area contributed by atoms with Crippen molar-refractivity contribution < 1.29 is 19.0 Å². The smallest absolute Gasteiger partial charge is 0.243 e. The van der Waals surface area contributed by atoms with E-state index in [1.807, 2.05) is 54.6 Å². The number of carbonyl (C=O) groups excluding carboxylic acids is 1. The van der Waals surface area contributed by atoms with Crippen molar-refractivity contribution >= 4 is 11.6 Å². The topological polar surface area (TPSA) is 69.7 Å². The van der Waals surface area contributed by atoms with Gasteiger partial charge in [0.1, 0.15) is 24.7 Å². The Hall–Kier alpha value is -3.54. The Morgan fingerprint density at radius 2 is 1.90 bits per heavy atom. The number of carbonyl (C=O) groups is 1. The number of anilines is 1. The van der Waals surface area contributed by atoms with Crippen molar-refractivity contribution in [3.63, 3.8) is 0 Å². The molecule has 144 valence electrons. The molecule has 0 saturated carbocycles. The molecular formula is C23H18N2O4. The number of nitrogens with one attached hydrogen (secondary N) is 1. The predicted octanol–water partition coefficient (Wildman–Crippen LogP) is 3.09. The van der Waals surface area contributed by atoms with E-state index in [1.165, 1.54) is 0 Å². The summed E-state index contributed by atoms with van der Waals surface area (Å²) in [5.41, 5.74) is 2.72. The van der Waals surface area contributed by atoms with Crippen molar-refractivity contribution in [3.8, 4) is 17.2 Å². The molecule has 3 aliphatic heterocycles. The minimum absolute atomic E-state index is 0.0674. The maximum absolute atomic E-state index is 13.0. The van der Waals surface area contributed by atoms with Gasteiger partial charge in [0.2, 0.25) is 11.7 Å². The van der Waals surface area contributed by atoms with Crippen LogP contribution in [-0.4, -0.2) is 30.2 Å². The van der Waals surface area contributed by atoms with Gasteiger partial charge in [0.25, 0.3) is 0 Å². The van der Waals surface area contributed by atoms with E-state index in [-0.39, 0.29) is 18.6 Å². The number of hydrogen-bond donors (Lipinski definition) is 1. The van der Waals surface area contributed by atoms with Crippen LogP contribution < -0.4 is 19.5 Å². The summed E-state index contributed by atoms with van der Waals surface area (Å²) in [7, 11) is 0. The summed E-state index contributed by atoms with van der Waals surface area (Å²) >= 11 is 0. The van der Waals surface area contributed by atoms with E-state index < -0.39 is 5.41 Å². The molecule has 0 fully saturated rings. The Morgan fingerprint density at radius 1 is 1.00 bits per heavy atom. The zero-order chi connectivity index (χ0) is 19.4. The molecule has 1 N–H and O–H groups in total. The fourth-order valence-corrected chi connectivity index (χ4v) is 4.48. The lowest BCUT2D eigenvalue weighted by Crippen LogP contribution is -2.37. The summed E-state index contributed by atoms with van der Waals surface area (Å²) in [6.45, 7) is 0.654. The summed E-state index contributed by atoms with van der Waals surface area (Å²) in [6, 6.07) is 17.4. The number of aromatic nitrogens is 1. The van der Waals surface area contributed by atoms with Gasteiger partial charge in [0.15, 0.2) is 11.5 Å². The van der Waals surface area contributed by atoms with E-state index in [9.17, 15) is 4.79 Å². The van der Waals surface area contributed by atoms with Gasteiger partial charge in [-0.25, -0.2) is 0 Å². The first kappa shape index (κ1) is 16.4. The Balaban J connectivity index is 1.36. The highest BCUT2D eigenvalue weighted by Gasteiger charge is 2.55. The predicted molar refractivity (Wildman–Crippen MR) is 106 cm³/mol. The third kappa shape index (κ3) is 2.29. The molecule has 0 bridgehead atoms. The van der Waals surface area contributed by atoms with Gasteiger partial charge in [-0.2, -0.15) is 0 Å². The molecule has 1 aromatic heterocycles. The molecule has 6 rings (SSSR count). The third-order valence-electron chi connectivity index (χ3n) is 5.86. The van der Waals surface area contributed by atoms with Crippen molar-refractivity contribution in [1.82, 2.24) is 4.98 Å². The largest absolute Gasteiger partial charge is 0.487 e. The minimum Gasteiger partial charge on any atom is -0.487 e. The molecule has 0 saturated heterocycles. The van der Waals surface area contributed by atoms with Crippen molar-refractivity contribution in [2.24, 2.45) is 0 Å².